The number of rotatable bonds is 5. The molecular formula is C18H19N3OS3. The summed E-state index contributed by atoms with van der Waals surface area (Å²) in [6.45, 7) is 6.07. The molecule has 0 unspecified atom stereocenters. The topological polar surface area (TPSA) is 54.9 Å². The van der Waals surface area contributed by atoms with Crippen molar-refractivity contribution in [2.75, 3.05) is 17.3 Å². The number of hydrogen-bond donors (Lipinski definition) is 1. The van der Waals surface area contributed by atoms with Crippen molar-refractivity contribution < 1.29 is 4.79 Å². The molecule has 0 fully saturated rings. The molecule has 3 rings (SSSR count). The van der Waals surface area contributed by atoms with Crippen molar-refractivity contribution in [3.8, 4) is 0 Å². The monoisotopic (exact) mass is 389 g/mol. The Kier molecular flexibility index (Phi) is 5.66. The lowest BCUT2D eigenvalue weighted by Crippen LogP contribution is -2.14. The molecule has 0 atom stereocenters. The quantitative estimate of drug-likeness (QED) is 0.488. The Labute approximate surface area is 159 Å². The second kappa shape index (κ2) is 7.76. The van der Waals surface area contributed by atoms with E-state index in [9.17, 15) is 4.79 Å². The molecule has 7 heteroatoms. The van der Waals surface area contributed by atoms with Gasteiger partial charge >= 0.3 is 0 Å². The molecule has 1 N–H and O–H groups in total. The van der Waals surface area contributed by atoms with E-state index in [1.165, 1.54) is 27.1 Å². The van der Waals surface area contributed by atoms with Gasteiger partial charge in [0.05, 0.1) is 5.75 Å². The summed E-state index contributed by atoms with van der Waals surface area (Å²) in [5.74, 6) is 1.03. The summed E-state index contributed by atoms with van der Waals surface area (Å²) in [5.41, 5.74) is 2.02. The molecule has 2 aromatic heterocycles. The van der Waals surface area contributed by atoms with Gasteiger partial charge < -0.3 is 5.32 Å². The largest absolute Gasteiger partial charge is 0.325 e. The lowest BCUT2D eigenvalue weighted by Gasteiger charge is -2.07. The molecular weight excluding hydrogens is 370 g/mol. The number of amides is 1. The molecule has 0 radical (unpaired) electrons. The van der Waals surface area contributed by atoms with Gasteiger partial charge in [0, 0.05) is 20.8 Å². The predicted molar refractivity (Wildman–Crippen MR) is 109 cm³/mol. The van der Waals surface area contributed by atoms with Crippen molar-refractivity contribution in [1.29, 1.82) is 0 Å². The maximum Gasteiger partial charge on any atom is 0.234 e. The summed E-state index contributed by atoms with van der Waals surface area (Å²) in [4.78, 5) is 24.8. The zero-order valence-electron chi connectivity index (χ0n) is 14.5. The van der Waals surface area contributed by atoms with Gasteiger partial charge in [-0.05, 0) is 56.9 Å². The van der Waals surface area contributed by atoms with Crippen LogP contribution < -0.4 is 5.32 Å². The van der Waals surface area contributed by atoms with E-state index >= 15 is 0 Å². The summed E-state index contributed by atoms with van der Waals surface area (Å²) >= 11 is 4.83. The Hall–Kier alpha value is -1.57. The Bertz CT molecular complexity index is 919. The van der Waals surface area contributed by atoms with E-state index in [0.717, 1.165) is 26.8 Å². The molecule has 1 aromatic carbocycles. The number of aromatic nitrogens is 2. The Balaban J connectivity index is 1.72. The number of fused-ring (bicyclic) bond motifs is 1. The van der Waals surface area contributed by atoms with Gasteiger partial charge in [-0.3, -0.25) is 4.79 Å². The molecule has 3 aromatic rings. The zero-order chi connectivity index (χ0) is 18.0. The first kappa shape index (κ1) is 18.2. The average Bonchev–Trinajstić information content (AvgIpc) is 2.87. The van der Waals surface area contributed by atoms with E-state index < -0.39 is 0 Å². The molecule has 25 heavy (non-hydrogen) atoms. The maximum atomic E-state index is 12.3. The SMILES string of the molecule is CSc1ccc(NC(=O)CSc2nc(C)nc3sc(C)c(C)c23)cc1. The van der Waals surface area contributed by atoms with Gasteiger partial charge in [0.2, 0.25) is 5.91 Å². The van der Waals surface area contributed by atoms with Gasteiger partial charge in [-0.1, -0.05) is 11.8 Å². The van der Waals surface area contributed by atoms with E-state index in [1.807, 2.05) is 37.4 Å². The van der Waals surface area contributed by atoms with Crippen LogP contribution in [0.3, 0.4) is 0 Å². The highest BCUT2D eigenvalue weighted by molar-refractivity contribution is 8.00. The first-order valence-corrected chi connectivity index (χ1v) is 10.8. The van der Waals surface area contributed by atoms with Gasteiger partial charge in [0.25, 0.3) is 0 Å². The second-order valence-electron chi connectivity index (χ2n) is 5.60. The van der Waals surface area contributed by atoms with Crippen LogP contribution >= 0.6 is 34.9 Å². The van der Waals surface area contributed by atoms with Crippen LogP contribution in [0.1, 0.15) is 16.3 Å². The van der Waals surface area contributed by atoms with Crippen LogP contribution in [0.2, 0.25) is 0 Å². The summed E-state index contributed by atoms with van der Waals surface area (Å²) in [6, 6.07) is 7.85. The van der Waals surface area contributed by atoms with Crippen molar-refractivity contribution >= 4 is 56.7 Å². The van der Waals surface area contributed by atoms with Crippen molar-refractivity contribution in [3.63, 3.8) is 0 Å². The third kappa shape index (κ3) is 4.16. The fraction of sp³-hybridized carbons (Fsp3) is 0.278. The van der Waals surface area contributed by atoms with E-state index in [4.69, 9.17) is 0 Å². The minimum absolute atomic E-state index is 0.0316. The van der Waals surface area contributed by atoms with Gasteiger partial charge in [-0.2, -0.15) is 0 Å². The minimum Gasteiger partial charge on any atom is -0.325 e. The molecule has 4 nitrogen and oxygen atoms in total. The number of carbonyl (C=O) groups excluding carboxylic acids is 1. The molecule has 2 heterocycles. The van der Waals surface area contributed by atoms with E-state index in [-0.39, 0.29) is 5.91 Å². The van der Waals surface area contributed by atoms with Gasteiger partial charge in [-0.25, -0.2) is 9.97 Å². The number of nitrogens with one attached hydrogen (secondary N) is 1. The number of thioether (sulfide) groups is 2. The maximum absolute atomic E-state index is 12.3. The first-order chi connectivity index (χ1) is 12.0. The molecule has 0 spiro atoms. The molecule has 1 amide bonds. The number of thiophene rings is 1. The van der Waals surface area contributed by atoms with Crippen LogP contribution in [0.4, 0.5) is 5.69 Å². The van der Waals surface area contributed by atoms with Gasteiger partial charge in [0.15, 0.2) is 0 Å². The minimum atomic E-state index is -0.0316. The third-order valence-electron chi connectivity index (χ3n) is 3.82. The van der Waals surface area contributed by atoms with Gasteiger partial charge in [0.1, 0.15) is 15.7 Å². The van der Waals surface area contributed by atoms with Crippen LogP contribution in [0, 0.1) is 20.8 Å². The summed E-state index contributed by atoms with van der Waals surface area (Å²) < 4.78 is 0. The average molecular weight is 390 g/mol. The number of nitrogens with zero attached hydrogens (tertiary/aromatic N) is 2. The Morgan fingerprint density at radius 2 is 1.88 bits per heavy atom. The molecule has 0 aliphatic heterocycles. The Morgan fingerprint density at radius 3 is 2.56 bits per heavy atom. The number of aryl methyl sites for hydroxylation is 3. The number of carbonyl (C=O) groups is 1. The highest BCUT2D eigenvalue weighted by Gasteiger charge is 2.15. The van der Waals surface area contributed by atoms with Crippen molar-refractivity contribution in [2.24, 2.45) is 0 Å². The number of benzene rings is 1. The zero-order valence-corrected chi connectivity index (χ0v) is 17.0. The fourth-order valence-electron chi connectivity index (χ4n) is 2.42. The Morgan fingerprint density at radius 1 is 1.16 bits per heavy atom. The van der Waals surface area contributed by atoms with Crippen LogP contribution in [-0.2, 0) is 4.79 Å². The molecule has 0 aliphatic carbocycles. The normalized spacial score (nSPS) is 11.0. The molecule has 0 aliphatic rings. The lowest BCUT2D eigenvalue weighted by atomic mass is 10.2. The van der Waals surface area contributed by atoms with Crippen LogP contribution in [-0.4, -0.2) is 27.9 Å². The molecule has 0 saturated heterocycles. The highest BCUT2D eigenvalue weighted by Crippen LogP contribution is 2.35. The van der Waals surface area contributed by atoms with Crippen LogP contribution in [0.5, 0.6) is 0 Å². The first-order valence-electron chi connectivity index (χ1n) is 7.79. The summed E-state index contributed by atoms with van der Waals surface area (Å²) in [7, 11) is 0. The van der Waals surface area contributed by atoms with Gasteiger partial charge in [-0.15, -0.1) is 23.1 Å². The molecule has 0 saturated carbocycles. The standard InChI is InChI=1S/C18H19N3OS3/c1-10-11(2)25-18-16(10)17(19-12(3)20-18)24-9-15(22)21-13-5-7-14(23-4)8-6-13/h5-8H,9H2,1-4H3,(H,21,22). The second-order valence-corrected chi connectivity index (χ2v) is 8.65. The number of hydrogen-bond acceptors (Lipinski definition) is 6. The van der Waals surface area contributed by atoms with E-state index in [1.54, 1.807) is 23.1 Å². The van der Waals surface area contributed by atoms with Crippen LogP contribution in [0.25, 0.3) is 10.2 Å². The smallest absolute Gasteiger partial charge is 0.234 e. The van der Waals surface area contributed by atoms with Crippen molar-refractivity contribution in [3.05, 3.63) is 40.5 Å². The van der Waals surface area contributed by atoms with E-state index in [2.05, 4.69) is 29.1 Å². The molecule has 0 bridgehead atoms. The third-order valence-corrected chi connectivity index (χ3v) is 6.64. The van der Waals surface area contributed by atoms with E-state index in [0.29, 0.717) is 5.75 Å². The van der Waals surface area contributed by atoms with Crippen molar-refractivity contribution in [2.45, 2.75) is 30.7 Å². The number of anilines is 1. The van der Waals surface area contributed by atoms with Crippen LogP contribution in [0.15, 0.2) is 34.2 Å². The molecule has 130 valence electrons. The lowest BCUT2D eigenvalue weighted by molar-refractivity contribution is -0.113. The predicted octanol–water partition coefficient (Wildman–Crippen LogP) is 5.07. The summed E-state index contributed by atoms with van der Waals surface area (Å²) in [5, 5.41) is 4.90. The fourth-order valence-corrected chi connectivity index (χ4v) is 4.90. The highest BCUT2D eigenvalue weighted by atomic mass is 32.2. The van der Waals surface area contributed by atoms with Crippen molar-refractivity contribution in [1.82, 2.24) is 9.97 Å². The summed E-state index contributed by atoms with van der Waals surface area (Å²) in [6.07, 6.45) is 2.03.